The molecule has 2 atom stereocenters. The number of amides is 1. The van der Waals surface area contributed by atoms with Crippen molar-refractivity contribution in [3.8, 4) is 0 Å². The molecule has 106 valence electrons. The molecule has 0 aliphatic carbocycles. The number of alkyl carbamates (subject to hydrolysis) is 1. The van der Waals surface area contributed by atoms with E-state index in [9.17, 15) is 9.59 Å². The van der Waals surface area contributed by atoms with Crippen molar-refractivity contribution in [2.75, 3.05) is 7.11 Å². The summed E-state index contributed by atoms with van der Waals surface area (Å²) in [6.45, 7) is 7.09. The van der Waals surface area contributed by atoms with E-state index in [4.69, 9.17) is 14.6 Å². The third-order valence-electron chi connectivity index (χ3n) is 2.25. The van der Waals surface area contributed by atoms with Crippen molar-refractivity contribution in [2.45, 2.75) is 58.3 Å². The van der Waals surface area contributed by atoms with E-state index < -0.39 is 23.7 Å². The molecule has 1 amide bonds. The van der Waals surface area contributed by atoms with Gasteiger partial charge in [-0.2, -0.15) is 0 Å². The molecule has 0 rings (SSSR count). The maximum atomic E-state index is 11.6. The molecule has 0 bridgehead atoms. The molecule has 18 heavy (non-hydrogen) atoms. The average molecular weight is 261 g/mol. The lowest BCUT2D eigenvalue weighted by atomic mass is 10.1. The Morgan fingerprint density at radius 1 is 1.33 bits per heavy atom. The van der Waals surface area contributed by atoms with E-state index in [1.807, 2.05) is 6.92 Å². The van der Waals surface area contributed by atoms with E-state index in [0.717, 1.165) is 0 Å². The molecular weight excluding hydrogens is 238 g/mol. The molecule has 0 aromatic heterocycles. The Kier molecular flexibility index (Phi) is 6.68. The van der Waals surface area contributed by atoms with Crippen LogP contribution in [-0.2, 0) is 14.3 Å². The number of carboxylic acid groups (broad SMARTS) is 1. The molecule has 0 saturated carbocycles. The molecule has 0 aromatic rings. The van der Waals surface area contributed by atoms with Crippen LogP contribution in [0.4, 0.5) is 4.79 Å². The number of methoxy groups -OCH3 is 1. The summed E-state index contributed by atoms with van der Waals surface area (Å²) in [6.07, 6.45) is -0.589. The Bertz CT molecular complexity index is 281. The Morgan fingerprint density at radius 2 is 1.89 bits per heavy atom. The smallest absolute Gasteiger partial charge is 0.407 e. The minimum atomic E-state index is -0.994. The molecule has 0 aromatic carbocycles. The van der Waals surface area contributed by atoms with Gasteiger partial charge >= 0.3 is 12.1 Å². The van der Waals surface area contributed by atoms with Gasteiger partial charge < -0.3 is 19.9 Å². The molecule has 6 heteroatoms. The summed E-state index contributed by atoms with van der Waals surface area (Å²) >= 11 is 0. The zero-order chi connectivity index (χ0) is 14.3. The molecule has 6 nitrogen and oxygen atoms in total. The van der Waals surface area contributed by atoms with Crippen molar-refractivity contribution in [2.24, 2.45) is 0 Å². The first-order chi connectivity index (χ1) is 8.19. The van der Waals surface area contributed by atoms with Crippen LogP contribution < -0.4 is 5.32 Å². The summed E-state index contributed by atoms with van der Waals surface area (Å²) in [7, 11) is 1.49. The van der Waals surface area contributed by atoms with Gasteiger partial charge in [-0.05, 0) is 27.2 Å². The van der Waals surface area contributed by atoms with Gasteiger partial charge in [0.2, 0.25) is 0 Å². The number of hydrogen-bond acceptors (Lipinski definition) is 4. The number of carbonyl (C=O) groups excluding carboxylic acids is 1. The minimum absolute atomic E-state index is 0.203. The quantitative estimate of drug-likeness (QED) is 0.761. The summed E-state index contributed by atoms with van der Waals surface area (Å²) in [5.74, 6) is -0.994. The lowest BCUT2D eigenvalue weighted by Crippen LogP contribution is -2.47. The van der Waals surface area contributed by atoms with Crippen LogP contribution in [0.15, 0.2) is 0 Å². The van der Waals surface area contributed by atoms with Gasteiger partial charge in [-0.3, -0.25) is 4.79 Å². The predicted molar refractivity (Wildman–Crippen MR) is 66.5 cm³/mol. The number of ether oxygens (including phenoxy) is 2. The first-order valence-corrected chi connectivity index (χ1v) is 5.93. The summed E-state index contributed by atoms with van der Waals surface area (Å²) in [6, 6.07) is -0.604. The van der Waals surface area contributed by atoms with Crippen molar-refractivity contribution in [3.05, 3.63) is 0 Å². The third-order valence-corrected chi connectivity index (χ3v) is 2.25. The highest BCUT2D eigenvalue weighted by atomic mass is 16.6. The summed E-state index contributed by atoms with van der Waals surface area (Å²) in [5, 5.41) is 11.4. The van der Waals surface area contributed by atoms with E-state index in [2.05, 4.69) is 5.32 Å². The number of rotatable bonds is 6. The zero-order valence-corrected chi connectivity index (χ0v) is 11.6. The standard InChI is InChI=1S/C12H23NO5/c1-6-9(17-5)8(7-10(14)15)13-11(16)18-12(2,3)4/h8-9H,6-7H2,1-5H3,(H,13,16)(H,14,15). The second-order valence-electron chi connectivity index (χ2n) is 5.03. The largest absolute Gasteiger partial charge is 0.481 e. The zero-order valence-electron chi connectivity index (χ0n) is 11.6. The Labute approximate surface area is 108 Å². The topological polar surface area (TPSA) is 84.9 Å². The van der Waals surface area contributed by atoms with Gasteiger partial charge in [0, 0.05) is 7.11 Å². The van der Waals surface area contributed by atoms with Gasteiger partial charge in [0.15, 0.2) is 0 Å². The fourth-order valence-corrected chi connectivity index (χ4v) is 1.54. The average Bonchev–Trinajstić information content (AvgIpc) is 2.14. The van der Waals surface area contributed by atoms with Crippen LogP contribution in [0.1, 0.15) is 40.5 Å². The molecule has 0 aliphatic rings. The van der Waals surface area contributed by atoms with Gasteiger partial charge in [0.25, 0.3) is 0 Å². The third kappa shape index (κ3) is 7.11. The fourth-order valence-electron chi connectivity index (χ4n) is 1.54. The Morgan fingerprint density at radius 3 is 2.22 bits per heavy atom. The molecule has 2 N–H and O–H groups in total. The first kappa shape index (κ1) is 16.7. The van der Waals surface area contributed by atoms with Crippen molar-refractivity contribution in [3.63, 3.8) is 0 Å². The molecular formula is C12H23NO5. The van der Waals surface area contributed by atoms with Crippen LogP contribution >= 0.6 is 0 Å². The Hall–Kier alpha value is -1.30. The van der Waals surface area contributed by atoms with E-state index in [0.29, 0.717) is 6.42 Å². The summed E-state index contributed by atoms with van der Waals surface area (Å²) in [5.41, 5.74) is -0.618. The number of carboxylic acids is 1. The van der Waals surface area contributed by atoms with Gasteiger partial charge in [-0.15, -0.1) is 0 Å². The SMILES string of the molecule is CCC(OC)C(CC(=O)O)NC(=O)OC(C)(C)C. The van der Waals surface area contributed by atoms with Gasteiger partial charge in [-0.1, -0.05) is 6.92 Å². The first-order valence-electron chi connectivity index (χ1n) is 5.93. The van der Waals surface area contributed by atoms with E-state index in [1.165, 1.54) is 7.11 Å². The predicted octanol–water partition coefficient (Wildman–Crippen LogP) is 1.78. The minimum Gasteiger partial charge on any atom is -0.481 e. The number of aliphatic carboxylic acids is 1. The van der Waals surface area contributed by atoms with E-state index in [-0.39, 0.29) is 12.5 Å². The molecule has 0 fully saturated rings. The van der Waals surface area contributed by atoms with Crippen LogP contribution in [0, 0.1) is 0 Å². The monoisotopic (exact) mass is 261 g/mol. The molecule has 0 aliphatic heterocycles. The summed E-state index contributed by atoms with van der Waals surface area (Å²) < 4.78 is 10.3. The van der Waals surface area contributed by atoms with Crippen molar-refractivity contribution in [1.82, 2.24) is 5.32 Å². The second kappa shape index (κ2) is 7.20. The lowest BCUT2D eigenvalue weighted by molar-refractivity contribution is -0.138. The highest BCUT2D eigenvalue weighted by Crippen LogP contribution is 2.11. The lowest BCUT2D eigenvalue weighted by Gasteiger charge is -2.27. The van der Waals surface area contributed by atoms with Crippen LogP contribution in [0.3, 0.4) is 0 Å². The highest BCUT2D eigenvalue weighted by molar-refractivity contribution is 5.71. The Balaban J connectivity index is 4.58. The van der Waals surface area contributed by atoms with E-state index >= 15 is 0 Å². The highest BCUT2D eigenvalue weighted by Gasteiger charge is 2.26. The number of carbonyl (C=O) groups is 2. The van der Waals surface area contributed by atoms with E-state index in [1.54, 1.807) is 20.8 Å². The van der Waals surface area contributed by atoms with Gasteiger partial charge in [-0.25, -0.2) is 4.79 Å². The van der Waals surface area contributed by atoms with Gasteiger partial charge in [0.1, 0.15) is 5.60 Å². The number of nitrogens with one attached hydrogen (secondary N) is 1. The fraction of sp³-hybridized carbons (Fsp3) is 0.833. The number of hydrogen-bond donors (Lipinski definition) is 2. The molecule has 0 radical (unpaired) electrons. The van der Waals surface area contributed by atoms with Crippen molar-refractivity contribution >= 4 is 12.1 Å². The van der Waals surface area contributed by atoms with Crippen molar-refractivity contribution in [1.29, 1.82) is 0 Å². The normalized spacial score (nSPS) is 14.7. The molecule has 0 saturated heterocycles. The van der Waals surface area contributed by atoms with Crippen LogP contribution in [-0.4, -0.2) is 42.0 Å². The molecule has 0 spiro atoms. The molecule has 0 heterocycles. The van der Waals surface area contributed by atoms with Gasteiger partial charge in [0.05, 0.1) is 18.6 Å². The maximum Gasteiger partial charge on any atom is 0.407 e. The maximum absolute atomic E-state index is 11.6. The van der Waals surface area contributed by atoms with Crippen LogP contribution in [0.5, 0.6) is 0 Å². The van der Waals surface area contributed by atoms with Crippen molar-refractivity contribution < 1.29 is 24.2 Å². The van der Waals surface area contributed by atoms with Crippen LogP contribution in [0.2, 0.25) is 0 Å². The van der Waals surface area contributed by atoms with Crippen LogP contribution in [0.25, 0.3) is 0 Å². The summed E-state index contributed by atoms with van der Waals surface area (Å²) in [4.78, 5) is 22.4. The molecule has 2 unspecified atom stereocenters. The second-order valence-corrected chi connectivity index (χ2v) is 5.03.